The molecule has 1 aromatic carbocycles. The molecule has 0 aliphatic rings. The van der Waals surface area contributed by atoms with Crippen LogP contribution in [0.3, 0.4) is 0 Å². The molecule has 3 aromatic rings. The number of nitrogens with zero attached hydrogens (tertiary/aromatic N) is 2. The molecule has 0 unspecified atom stereocenters. The summed E-state index contributed by atoms with van der Waals surface area (Å²) in [5.74, 6) is -1.37. The third-order valence-corrected chi connectivity index (χ3v) is 4.90. The average molecular weight is 402 g/mol. The number of benzene rings is 1. The second-order valence-corrected chi connectivity index (χ2v) is 7.69. The van der Waals surface area contributed by atoms with Gasteiger partial charge in [0.05, 0.1) is 4.90 Å². The van der Waals surface area contributed by atoms with Crippen LogP contribution in [-0.2, 0) is 19.6 Å². The van der Waals surface area contributed by atoms with Crippen molar-refractivity contribution in [3.05, 3.63) is 60.0 Å². The number of amides is 1. The van der Waals surface area contributed by atoms with Gasteiger partial charge in [0.1, 0.15) is 5.65 Å². The number of hydrogen-bond acceptors (Lipinski definition) is 6. The normalized spacial score (nSPS) is 12.5. The van der Waals surface area contributed by atoms with Gasteiger partial charge in [-0.15, -0.1) is 0 Å². The fourth-order valence-electron chi connectivity index (χ4n) is 2.52. The molecule has 146 valence electrons. The summed E-state index contributed by atoms with van der Waals surface area (Å²) in [6, 6.07) is 10.9. The van der Waals surface area contributed by atoms with Crippen LogP contribution in [0.1, 0.15) is 23.1 Å². The molecule has 9 nitrogen and oxygen atoms in total. The van der Waals surface area contributed by atoms with E-state index in [0.717, 1.165) is 5.69 Å². The van der Waals surface area contributed by atoms with Gasteiger partial charge in [0, 0.05) is 17.6 Å². The van der Waals surface area contributed by atoms with Crippen LogP contribution in [0.25, 0.3) is 5.65 Å². The number of pyridine rings is 1. The number of hydrogen-bond donors (Lipinski definition) is 2. The number of fused-ring (bicyclic) bond motifs is 1. The van der Waals surface area contributed by atoms with Crippen LogP contribution in [0.2, 0.25) is 0 Å². The Balaban J connectivity index is 1.70. The summed E-state index contributed by atoms with van der Waals surface area (Å²) >= 11 is 0. The highest BCUT2D eigenvalue weighted by molar-refractivity contribution is 7.89. The van der Waals surface area contributed by atoms with Crippen molar-refractivity contribution in [3.8, 4) is 0 Å². The molecule has 1 amide bonds. The fraction of sp³-hybridized carbons (Fsp3) is 0.167. The highest BCUT2D eigenvalue weighted by Gasteiger charge is 2.21. The van der Waals surface area contributed by atoms with Crippen molar-refractivity contribution in [1.29, 1.82) is 0 Å². The first kappa shape index (κ1) is 19.5. The number of aryl methyl sites for hydroxylation is 1. The maximum atomic E-state index is 12.3. The third kappa shape index (κ3) is 4.18. The van der Waals surface area contributed by atoms with Gasteiger partial charge in [-0.05, 0) is 44.2 Å². The van der Waals surface area contributed by atoms with Crippen LogP contribution in [0.5, 0.6) is 0 Å². The average Bonchev–Trinajstić information content (AvgIpc) is 3.07. The number of aromatic nitrogens is 2. The smallest absolute Gasteiger partial charge is 0.359 e. The van der Waals surface area contributed by atoms with Crippen LogP contribution in [0.15, 0.2) is 53.6 Å². The van der Waals surface area contributed by atoms with E-state index < -0.39 is 28.0 Å². The second-order valence-electron chi connectivity index (χ2n) is 6.13. The molecule has 2 aromatic heterocycles. The molecule has 0 aliphatic carbocycles. The maximum Gasteiger partial charge on any atom is 0.359 e. The van der Waals surface area contributed by atoms with Crippen molar-refractivity contribution in [2.75, 3.05) is 5.32 Å². The molecule has 2 heterocycles. The number of primary sulfonamides is 1. The minimum Gasteiger partial charge on any atom is -0.448 e. The maximum absolute atomic E-state index is 12.3. The van der Waals surface area contributed by atoms with Gasteiger partial charge in [0.15, 0.2) is 11.8 Å². The Morgan fingerprint density at radius 3 is 2.61 bits per heavy atom. The molecule has 0 aliphatic heterocycles. The quantitative estimate of drug-likeness (QED) is 0.621. The van der Waals surface area contributed by atoms with Gasteiger partial charge in [-0.2, -0.15) is 0 Å². The number of nitrogens with two attached hydrogens (primary N) is 1. The first-order valence-electron chi connectivity index (χ1n) is 8.24. The van der Waals surface area contributed by atoms with Crippen molar-refractivity contribution in [1.82, 2.24) is 9.38 Å². The summed E-state index contributed by atoms with van der Waals surface area (Å²) in [6.45, 7) is 3.27. The molecule has 3 N–H and O–H groups in total. The van der Waals surface area contributed by atoms with Crippen LogP contribution in [0.4, 0.5) is 5.69 Å². The zero-order chi connectivity index (χ0) is 20.5. The van der Waals surface area contributed by atoms with Gasteiger partial charge in [-0.25, -0.2) is 23.3 Å². The molecular formula is C18H18N4O5S. The summed E-state index contributed by atoms with van der Waals surface area (Å²) < 4.78 is 29.7. The molecule has 0 saturated heterocycles. The summed E-state index contributed by atoms with van der Waals surface area (Å²) in [5.41, 5.74) is 1.77. The Labute approximate surface area is 161 Å². The molecule has 3 rings (SSSR count). The van der Waals surface area contributed by atoms with Crippen molar-refractivity contribution in [2.45, 2.75) is 24.8 Å². The van der Waals surface area contributed by atoms with Crippen LogP contribution in [0, 0.1) is 6.92 Å². The zero-order valence-electron chi connectivity index (χ0n) is 15.1. The monoisotopic (exact) mass is 402 g/mol. The Morgan fingerprint density at radius 2 is 1.93 bits per heavy atom. The predicted molar refractivity (Wildman–Crippen MR) is 101 cm³/mol. The lowest BCUT2D eigenvalue weighted by molar-refractivity contribution is -0.123. The minimum absolute atomic E-state index is 0.0742. The molecule has 0 bridgehead atoms. The molecule has 0 spiro atoms. The Bertz CT molecular complexity index is 1170. The van der Waals surface area contributed by atoms with Crippen molar-refractivity contribution < 1.29 is 22.7 Å². The number of rotatable bonds is 5. The first-order chi connectivity index (χ1) is 13.1. The van der Waals surface area contributed by atoms with Crippen molar-refractivity contribution in [2.24, 2.45) is 5.14 Å². The minimum atomic E-state index is -3.90. The van der Waals surface area contributed by atoms with Gasteiger partial charge in [-0.3, -0.25) is 4.79 Å². The Kier molecular flexibility index (Phi) is 5.16. The molecule has 1 atom stereocenters. The number of anilines is 1. The molecule has 28 heavy (non-hydrogen) atoms. The van der Waals surface area contributed by atoms with E-state index in [2.05, 4.69) is 10.3 Å². The Morgan fingerprint density at radius 1 is 1.21 bits per heavy atom. The van der Waals surface area contributed by atoms with Gasteiger partial charge in [-0.1, -0.05) is 12.1 Å². The van der Waals surface area contributed by atoms with E-state index in [4.69, 9.17) is 9.88 Å². The topological polar surface area (TPSA) is 133 Å². The van der Waals surface area contributed by atoms with E-state index in [1.165, 1.54) is 37.4 Å². The van der Waals surface area contributed by atoms with E-state index in [0.29, 0.717) is 5.65 Å². The molecule has 0 fully saturated rings. The number of sulfonamides is 1. The van der Waals surface area contributed by atoms with E-state index in [1.54, 1.807) is 10.5 Å². The lowest BCUT2D eigenvalue weighted by Gasteiger charge is -2.13. The van der Waals surface area contributed by atoms with Gasteiger partial charge >= 0.3 is 5.97 Å². The van der Waals surface area contributed by atoms with Crippen LogP contribution in [-0.4, -0.2) is 35.8 Å². The number of nitrogens with one attached hydrogen (secondary N) is 1. The largest absolute Gasteiger partial charge is 0.448 e. The summed E-state index contributed by atoms with van der Waals surface area (Å²) in [7, 11) is -3.90. The number of imidazole rings is 1. The SMILES string of the molecule is Cc1cccc2nc(C(=O)O[C@H](C)C(=O)Nc3cccc(S(N)(=O)=O)c3)cn12. The van der Waals surface area contributed by atoms with E-state index in [-0.39, 0.29) is 16.3 Å². The molecular weight excluding hydrogens is 384 g/mol. The summed E-state index contributed by atoms with van der Waals surface area (Å²) in [6.07, 6.45) is 0.407. The van der Waals surface area contributed by atoms with Crippen molar-refractivity contribution >= 4 is 33.2 Å². The second kappa shape index (κ2) is 7.41. The number of carbonyl (C=O) groups is 2. The first-order valence-corrected chi connectivity index (χ1v) is 9.79. The third-order valence-electron chi connectivity index (χ3n) is 3.99. The number of ether oxygens (including phenoxy) is 1. The Hall–Kier alpha value is -3.24. The fourth-order valence-corrected chi connectivity index (χ4v) is 3.08. The standard InChI is InChI=1S/C18H18N4O5S/c1-11-5-3-8-16-21-15(10-22(11)16)18(24)27-12(2)17(23)20-13-6-4-7-14(9-13)28(19,25)26/h3-10,12H,1-2H3,(H,20,23)(H2,19,25,26)/t12-/m1/s1. The van der Waals surface area contributed by atoms with Gasteiger partial charge in [0.25, 0.3) is 5.91 Å². The summed E-state index contributed by atoms with van der Waals surface area (Å²) in [4.78, 5) is 28.6. The predicted octanol–water partition coefficient (Wildman–Crippen LogP) is 1.47. The molecule has 0 radical (unpaired) electrons. The van der Waals surface area contributed by atoms with E-state index in [9.17, 15) is 18.0 Å². The van der Waals surface area contributed by atoms with Crippen LogP contribution < -0.4 is 10.5 Å². The number of carbonyl (C=O) groups excluding carboxylic acids is 2. The lowest BCUT2D eigenvalue weighted by Crippen LogP contribution is -2.30. The highest BCUT2D eigenvalue weighted by Crippen LogP contribution is 2.15. The van der Waals surface area contributed by atoms with Crippen molar-refractivity contribution in [3.63, 3.8) is 0 Å². The lowest BCUT2D eigenvalue weighted by atomic mass is 10.3. The van der Waals surface area contributed by atoms with Gasteiger partial charge < -0.3 is 14.5 Å². The summed E-state index contributed by atoms with van der Waals surface area (Å²) in [5, 5.41) is 7.56. The van der Waals surface area contributed by atoms with E-state index >= 15 is 0 Å². The number of esters is 1. The van der Waals surface area contributed by atoms with Crippen LogP contribution >= 0.6 is 0 Å². The van der Waals surface area contributed by atoms with E-state index in [1.807, 2.05) is 19.1 Å². The van der Waals surface area contributed by atoms with Gasteiger partial charge in [0.2, 0.25) is 10.0 Å². The highest BCUT2D eigenvalue weighted by atomic mass is 32.2. The molecule has 10 heteroatoms. The molecule has 0 saturated carbocycles. The zero-order valence-corrected chi connectivity index (χ0v) is 15.9.